The van der Waals surface area contributed by atoms with Crippen LogP contribution in [0.3, 0.4) is 0 Å². The van der Waals surface area contributed by atoms with E-state index in [0.717, 1.165) is 16.8 Å². The fourth-order valence-corrected chi connectivity index (χ4v) is 4.58. The second kappa shape index (κ2) is 11.1. The molecule has 2 aromatic carbocycles. The summed E-state index contributed by atoms with van der Waals surface area (Å²) in [5.41, 5.74) is -2.26. The van der Waals surface area contributed by atoms with Crippen LogP contribution in [0.1, 0.15) is 39.3 Å². The number of aryl methyl sites for hydroxylation is 1. The van der Waals surface area contributed by atoms with E-state index in [4.69, 9.17) is 32.8 Å². The Labute approximate surface area is 228 Å². The topological polar surface area (TPSA) is 90.6 Å². The number of oxime groups is 1. The summed E-state index contributed by atoms with van der Waals surface area (Å²) in [4.78, 5) is 21.9. The molecule has 1 aliphatic rings. The number of alkyl halides is 5. The molecule has 0 bridgehead atoms. The number of amides is 1. The zero-order valence-electron chi connectivity index (χ0n) is 20.3. The quantitative estimate of drug-likeness (QED) is 0.318. The Morgan fingerprint density at radius 2 is 1.90 bits per heavy atom. The fourth-order valence-electron chi connectivity index (χ4n) is 4.05. The third kappa shape index (κ3) is 5.99. The van der Waals surface area contributed by atoms with Crippen LogP contribution < -0.4 is 5.32 Å². The normalized spacial score (nSPS) is 17.3. The summed E-state index contributed by atoms with van der Waals surface area (Å²) in [6.45, 7) is 0.732. The van der Waals surface area contributed by atoms with Gasteiger partial charge in [0.25, 0.3) is 17.9 Å². The van der Waals surface area contributed by atoms with E-state index in [9.17, 15) is 26.7 Å². The lowest BCUT2D eigenvalue weighted by atomic mass is 9.86. The number of ether oxygens (including phenoxy) is 1. The number of methoxy groups -OCH3 is 1. The van der Waals surface area contributed by atoms with Gasteiger partial charge >= 0.3 is 6.18 Å². The minimum absolute atomic E-state index is 0.00454. The summed E-state index contributed by atoms with van der Waals surface area (Å²) in [7, 11) is 1.35. The van der Waals surface area contributed by atoms with E-state index in [1.165, 1.54) is 31.4 Å². The zero-order valence-corrected chi connectivity index (χ0v) is 21.8. The molecule has 1 N–H and O–H groups in total. The summed E-state index contributed by atoms with van der Waals surface area (Å²) < 4.78 is 74.3. The number of carbonyl (C=O) groups excluding carboxylic acids is 1. The van der Waals surface area contributed by atoms with Gasteiger partial charge < -0.3 is 9.57 Å². The van der Waals surface area contributed by atoms with Gasteiger partial charge in [-0.2, -0.15) is 18.2 Å². The van der Waals surface area contributed by atoms with Crippen LogP contribution in [0.4, 0.5) is 27.9 Å². The predicted octanol–water partition coefficient (Wildman–Crippen LogP) is 6.14. The van der Waals surface area contributed by atoms with Crippen LogP contribution in [0.5, 0.6) is 0 Å². The Balaban J connectivity index is 1.56. The van der Waals surface area contributed by atoms with Crippen molar-refractivity contribution in [2.75, 3.05) is 12.4 Å². The Morgan fingerprint density at radius 1 is 1.21 bits per heavy atom. The molecule has 0 fully saturated rings. The fraction of sp³-hybridized carbons (Fsp3) is 0.333. The van der Waals surface area contributed by atoms with Crippen LogP contribution in [0.2, 0.25) is 10.0 Å². The maximum Gasteiger partial charge on any atom is 0.435 e. The van der Waals surface area contributed by atoms with E-state index < -0.39 is 37.1 Å². The van der Waals surface area contributed by atoms with Gasteiger partial charge in [0.2, 0.25) is 5.95 Å². The molecule has 2 heterocycles. The Kier molecular flexibility index (Phi) is 8.14. The molecule has 4 rings (SSSR count). The molecule has 0 saturated heterocycles. The molecule has 3 aromatic rings. The van der Waals surface area contributed by atoms with Crippen molar-refractivity contribution >= 4 is 40.8 Å². The Hall–Kier alpha value is -3.29. The average molecular weight is 592 g/mol. The molecule has 1 amide bonds. The second-order valence-corrected chi connectivity index (χ2v) is 9.50. The third-order valence-corrected chi connectivity index (χ3v) is 6.31. The van der Waals surface area contributed by atoms with Gasteiger partial charge in [-0.1, -0.05) is 34.4 Å². The molecule has 0 spiro atoms. The van der Waals surface area contributed by atoms with Crippen LogP contribution in [-0.4, -0.2) is 46.1 Å². The van der Waals surface area contributed by atoms with Crippen molar-refractivity contribution < 1.29 is 36.3 Å². The van der Waals surface area contributed by atoms with Gasteiger partial charge in [0.05, 0.1) is 5.71 Å². The van der Waals surface area contributed by atoms with E-state index >= 15 is 0 Å². The summed E-state index contributed by atoms with van der Waals surface area (Å²) in [6.07, 6.45) is -8.22. The highest BCUT2D eigenvalue weighted by Crippen LogP contribution is 2.49. The number of nitrogens with one attached hydrogen (secondary N) is 1. The van der Waals surface area contributed by atoms with E-state index in [0.29, 0.717) is 11.1 Å². The molecule has 1 aliphatic heterocycles. The minimum Gasteiger partial charge on any atom is -0.377 e. The first kappa shape index (κ1) is 28.7. The van der Waals surface area contributed by atoms with Crippen molar-refractivity contribution in [3.63, 3.8) is 0 Å². The molecular weight excluding hydrogens is 572 g/mol. The summed E-state index contributed by atoms with van der Waals surface area (Å²) in [5.74, 6) is -0.770. The van der Waals surface area contributed by atoms with Crippen molar-refractivity contribution in [2.24, 2.45) is 5.16 Å². The first-order valence-electron chi connectivity index (χ1n) is 11.2. The average Bonchev–Trinajstić information content (AvgIpc) is 3.43. The molecule has 208 valence electrons. The molecule has 1 atom stereocenters. The third-order valence-electron chi connectivity index (χ3n) is 5.88. The lowest BCUT2D eigenvalue weighted by Gasteiger charge is -2.29. The number of halogens is 7. The van der Waals surface area contributed by atoms with Crippen LogP contribution in [0.25, 0.3) is 0 Å². The Morgan fingerprint density at radius 3 is 2.49 bits per heavy atom. The van der Waals surface area contributed by atoms with Crippen LogP contribution in [0, 0.1) is 6.92 Å². The van der Waals surface area contributed by atoms with Gasteiger partial charge in [0.15, 0.2) is 5.82 Å². The summed E-state index contributed by atoms with van der Waals surface area (Å²) in [5, 5.41) is 10.0. The first-order valence-corrected chi connectivity index (χ1v) is 12.0. The minimum atomic E-state index is -4.86. The van der Waals surface area contributed by atoms with E-state index in [2.05, 4.69) is 20.6 Å². The van der Waals surface area contributed by atoms with Crippen LogP contribution >= 0.6 is 23.2 Å². The van der Waals surface area contributed by atoms with Crippen molar-refractivity contribution in [1.29, 1.82) is 0 Å². The van der Waals surface area contributed by atoms with Gasteiger partial charge in [-0.15, -0.1) is 5.10 Å². The number of anilines is 1. The predicted molar refractivity (Wildman–Crippen MR) is 132 cm³/mol. The van der Waals surface area contributed by atoms with E-state index in [1.807, 2.05) is 0 Å². The molecule has 0 saturated carbocycles. The molecular formula is C24H20Cl2F5N5O3. The number of carbonyl (C=O) groups is 1. The zero-order chi connectivity index (χ0) is 28.5. The SMILES string of the molecule is COCc1nc(NC(=O)c2ccc(C3=NOC(c4cc(Cl)cc(Cl)c4)(C(F)(F)F)C3)cc2C)nn1CC(F)F. The summed E-state index contributed by atoms with van der Waals surface area (Å²) in [6, 6.07) is 7.82. The number of rotatable bonds is 8. The second-order valence-electron chi connectivity index (χ2n) is 8.63. The van der Waals surface area contributed by atoms with Gasteiger partial charge in [-0.25, -0.2) is 13.5 Å². The highest BCUT2D eigenvalue weighted by molar-refractivity contribution is 6.34. The van der Waals surface area contributed by atoms with Crippen LogP contribution in [-0.2, 0) is 28.3 Å². The van der Waals surface area contributed by atoms with Gasteiger partial charge in [0.1, 0.15) is 13.2 Å². The van der Waals surface area contributed by atoms with Crippen molar-refractivity contribution in [3.8, 4) is 0 Å². The highest BCUT2D eigenvalue weighted by atomic mass is 35.5. The van der Waals surface area contributed by atoms with Crippen LogP contribution in [0.15, 0.2) is 41.6 Å². The molecule has 1 unspecified atom stereocenters. The highest BCUT2D eigenvalue weighted by Gasteiger charge is 2.62. The smallest absolute Gasteiger partial charge is 0.377 e. The van der Waals surface area contributed by atoms with Crippen molar-refractivity contribution in [3.05, 3.63) is 74.5 Å². The molecule has 8 nitrogen and oxygen atoms in total. The molecule has 39 heavy (non-hydrogen) atoms. The lowest BCUT2D eigenvalue weighted by Crippen LogP contribution is -2.42. The van der Waals surface area contributed by atoms with Gasteiger partial charge in [-0.05, 0) is 48.4 Å². The maximum absolute atomic E-state index is 14.3. The first-order chi connectivity index (χ1) is 18.3. The van der Waals surface area contributed by atoms with Crippen molar-refractivity contribution in [2.45, 2.75) is 44.7 Å². The Bertz CT molecular complexity index is 1410. The number of hydrogen-bond acceptors (Lipinski definition) is 6. The van der Waals surface area contributed by atoms with Gasteiger partial charge in [-0.3, -0.25) is 10.1 Å². The lowest BCUT2D eigenvalue weighted by molar-refractivity contribution is -0.275. The molecule has 15 heteroatoms. The molecule has 0 radical (unpaired) electrons. The number of hydrogen-bond donors (Lipinski definition) is 1. The molecule has 0 aliphatic carbocycles. The largest absolute Gasteiger partial charge is 0.435 e. The van der Waals surface area contributed by atoms with E-state index in [1.54, 1.807) is 6.92 Å². The van der Waals surface area contributed by atoms with Crippen molar-refractivity contribution in [1.82, 2.24) is 14.8 Å². The maximum atomic E-state index is 14.3. The molecule has 1 aromatic heterocycles. The van der Waals surface area contributed by atoms with E-state index in [-0.39, 0.29) is 45.3 Å². The summed E-state index contributed by atoms with van der Waals surface area (Å²) >= 11 is 11.9. The number of nitrogens with zero attached hydrogens (tertiary/aromatic N) is 4. The number of aromatic nitrogens is 3. The standard InChI is InChI=1S/C24H20Cl2F5N5O3/c1-12-5-13(18-9-23(39-35-18,24(29,30)31)14-6-15(25)8-16(26)7-14)3-4-17(12)21(37)33-22-32-20(11-38-2)36(34-22)10-19(27)28/h3-8,19H,9-11H2,1-2H3,(H,33,34,37). The number of benzene rings is 2. The van der Waals surface area contributed by atoms with Gasteiger partial charge in [0, 0.05) is 34.7 Å². The monoisotopic (exact) mass is 591 g/mol.